The molecule has 0 spiro atoms. The van der Waals surface area contributed by atoms with Gasteiger partial charge in [-0.25, -0.2) is 0 Å². The van der Waals surface area contributed by atoms with E-state index in [-0.39, 0.29) is 17.7 Å². The molecule has 0 fully saturated rings. The Morgan fingerprint density at radius 1 is 1.21 bits per heavy atom. The molecule has 0 rings (SSSR count). The summed E-state index contributed by atoms with van der Waals surface area (Å²) in [6.07, 6.45) is 1.66. The lowest BCUT2D eigenvalue weighted by molar-refractivity contribution is -0.137. The molecule has 0 aliphatic heterocycles. The summed E-state index contributed by atoms with van der Waals surface area (Å²) in [5, 5.41) is 11.6. The van der Waals surface area contributed by atoms with Crippen LogP contribution in [-0.4, -0.2) is 49.1 Å². The Hall–Kier alpha value is -1.10. The SMILES string of the molecule is CN(C)CC(=O)NCCC(CCC(=O)O)C(C)(C)C. The van der Waals surface area contributed by atoms with Crippen LogP contribution in [0.3, 0.4) is 0 Å². The Labute approximate surface area is 116 Å². The second-order valence-corrected chi connectivity index (χ2v) is 6.37. The minimum atomic E-state index is -0.758. The molecule has 0 aromatic heterocycles. The number of nitrogens with zero attached hydrogens (tertiary/aromatic N) is 1. The number of aliphatic carboxylic acids is 1. The first-order valence-electron chi connectivity index (χ1n) is 6.76. The lowest BCUT2D eigenvalue weighted by Crippen LogP contribution is -2.35. The fraction of sp³-hybridized carbons (Fsp3) is 0.857. The van der Waals surface area contributed by atoms with E-state index in [1.165, 1.54) is 0 Å². The van der Waals surface area contributed by atoms with Crippen molar-refractivity contribution in [3.63, 3.8) is 0 Å². The third-order valence-corrected chi connectivity index (χ3v) is 3.21. The maximum atomic E-state index is 11.5. The summed E-state index contributed by atoms with van der Waals surface area (Å²) < 4.78 is 0. The van der Waals surface area contributed by atoms with Crippen molar-refractivity contribution in [2.24, 2.45) is 11.3 Å². The Bertz CT molecular complexity index is 296. The fourth-order valence-electron chi connectivity index (χ4n) is 2.04. The van der Waals surface area contributed by atoms with Crippen molar-refractivity contribution in [2.75, 3.05) is 27.2 Å². The van der Waals surface area contributed by atoms with Crippen molar-refractivity contribution in [3.05, 3.63) is 0 Å². The zero-order chi connectivity index (χ0) is 15.1. The van der Waals surface area contributed by atoms with E-state index < -0.39 is 5.97 Å². The van der Waals surface area contributed by atoms with Gasteiger partial charge in [0.15, 0.2) is 0 Å². The second-order valence-electron chi connectivity index (χ2n) is 6.37. The normalized spacial score (nSPS) is 13.4. The van der Waals surface area contributed by atoms with Crippen molar-refractivity contribution >= 4 is 11.9 Å². The average molecular weight is 272 g/mol. The van der Waals surface area contributed by atoms with Crippen LogP contribution in [0.5, 0.6) is 0 Å². The highest BCUT2D eigenvalue weighted by Gasteiger charge is 2.24. The molecule has 5 heteroatoms. The zero-order valence-electron chi connectivity index (χ0n) is 12.8. The molecular formula is C14H28N2O3. The quantitative estimate of drug-likeness (QED) is 0.704. The smallest absolute Gasteiger partial charge is 0.303 e. The molecule has 1 unspecified atom stereocenters. The topological polar surface area (TPSA) is 69.6 Å². The summed E-state index contributed by atoms with van der Waals surface area (Å²) >= 11 is 0. The summed E-state index contributed by atoms with van der Waals surface area (Å²) in [5.74, 6) is -0.454. The molecule has 0 aromatic rings. The Morgan fingerprint density at radius 2 is 1.79 bits per heavy atom. The minimum Gasteiger partial charge on any atom is -0.481 e. The van der Waals surface area contributed by atoms with Gasteiger partial charge in [0, 0.05) is 13.0 Å². The summed E-state index contributed by atoms with van der Waals surface area (Å²) in [6, 6.07) is 0. The number of hydrogen-bond donors (Lipinski definition) is 2. The first-order valence-corrected chi connectivity index (χ1v) is 6.76. The number of carboxylic acids is 1. The van der Waals surface area contributed by atoms with Gasteiger partial charge in [-0.3, -0.25) is 9.59 Å². The summed E-state index contributed by atoms with van der Waals surface area (Å²) in [5.41, 5.74) is 0.0573. The molecule has 2 N–H and O–H groups in total. The fourth-order valence-corrected chi connectivity index (χ4v) is 2.04. The average Bonchev–Trinajstić information content (AvgIpc) is 2.19. The number of carboxylic acid groups (broad SMARTS) is 1. The number of carbonyl (C=O) groups is 2. The van der Waals surface area contributed by atoms with E-state index in [4.69, 9.17) is 5.11 Å². The van der Waals surface area contributed by atoms with E-state index in [9.17, 15) is 9.59 Å². The van der Waals surface area contributed by atoms with Gasteiger partial charge < -0.3 is 15.3 Å². The molecule has 112 valence electrons. The lowest BCUT2D eigenvalue weighted by Gasteiger charge is -2.30. The minimum absolute atomic E-state index is 0.0101. The van der Waals surface area contributed by atoms with Gasteiger partial charge in [-0.05, 0) is 38.3 Å². The van der Waals surface area contributed by atoms with Crippen LogP contribution in [0.25, 0.3) is 0 Å². The number of rotatable bonds is 8. The molecule has 0 saturated carbocycles. The largest absolute Gasteiger partial charge is 0.481 e. The van der Waals surface area contributed by atoms with Crippen molar-refractivity contribution in [1.82, 2.24) is 10.2 Å². The standard InChI is InChI=1S/C14H28N2O3/c1-14(2,3)11(6-7-13(18)19)8-9-15-12(17)10-16(4)5/h11H,6-10H2,1-5H3,(H,15,17)(H,18,19). The van der Waals surface area contributed by atoms with Crippen LogP contribution in [0.15, 0.2) is 0 Å². The lowest BCUT2D eigenvalue weighted by atomic mass is 9.76. The van der Waals surface area contributed by atoms with Gasteiger partial charge in [-0.15, -0.1) is 0 Å². The van der Waals surface area contributed by atoms with Crippen LogP contribution >= 0.6 is 0 Å². The van der Waals surface area contributed by atoms with E-state index in [1.807, 2.05) is 19.0 Å². The van der Waals surface area contributed by atoms with Crippen LogP contribution in [-0.2, 0) is 9.59 Å². The van der Waals surface area contributed by atoms with E-state index >= 15 is 0 Å². The van der Waals surface area contributed by atoms with Gasteiger partial charge in [0.25, 0.3) is 0 Å². The van der Waals surface area contributed by atoms with E-state index in [0.29, 0.717) is 25.4 Å². The number of likely N-dealkylation sites (N-methyl/N-ethyl adjacent to an activating group) is 1. The van der Waals surface area contributed by atoms with Gasteiger partial charge in [0.1, 0.15) is 0 Å². The van der Waals surface area contributed by atoms with Gasteiger partial charge >= 0.3 is 5.97 Å². The van der Waals surface area contributed by atoms with E-state index in [1.54, 1.807) is 0 Å². The molecule has 19 heavy (non-hydrogen) atoms. The van der Waals surface area contributed by atoms with Crippen LogP contribution in [0.4, 0.5) is 0 Å². The molecule has 0 aliphatic carbocycles. The predicted molar refractivity (Wildman–Crippen MR) is 76.0 cm³/mol. The Balaban J connectivity index is 4.13. The van der Waals surface area contributed by atoms with Gasteiger partial charge in [-0.2, -0.15) is 0 Å². The van der Waals surface area contributed by atoms with Crippen molar-refractivity contribution in [1.29, 1.82) is 0 Å². The van der Waals surface area contributed by atoms with E-state index in [0.717, 1.165) is 6.42 Å². The number of hydrogen-bond acceptors (Lipinski definition) is 3. The second kappa shape index (κ2) is 8.15. The van der Waals surface area contributed by atoms with Crippen molar-refractivity contribution in [3.8, 4) is 0 Å². The first-order chi connectivity index (χ1) is 8.62. The van der Waals surface area contributed by atoms with Gasteiger partial charge in [0.2, 0.25) is 5.91 Å². The Kier molecular flexibility index (Phi) is 7.68. The monoisotopic (exact) mass is 272 g/mol. The van der Waals surface area contributed by atoms with E-state index in [2.05, 4.69) is 26.1 Å². The molecule has 5 nitrogen and oxygen atoms in total. The van der Waals surface area contributed by atoms with Crippen molar-refractivity contribution < 1.29 is 14.7 Å². The maximum absolute atomic E-state index is 11.5. The molecule has 1 atom stereocenters. The highest BCUT2D eigenvalue weighted by molar-refractivity contribution is 5.77. The molecule has 1 amide bonds. The van der Waals surface area contributed by atoms with Crippen molar-refractivity contribution in [2.45, 2.75) is 40.0 Å². The van der Waals surface area contributed by atoms with Crippen LogP contribution < -0.4 is 5.32 Å². The molecule has 0 radical (unpaired) electrons. The van der Waals surface area contributed by atoms with Gasteiger partial charge in [0.05, 0.1) is 6.54 Å². The zero-order valence-corrected chi connectivity index (χ0v) is 12.8. The van der Waals surface area contributed by atoms with Crippen LogP contribution in [0, 0.1) is 11.3 Å². The maximum Gasteiger partial charge on any atom is 0.303 e. The number of nitrogens with one attached hydrogen (secondary N) is 1. The molecule has 0 saturated heterocycles. The highest BCUT2D eigenvalue weighted by Crippen LogP contribution is 2.32. The summed E-state index contributed by atoms with van der Waals surface area (Å²) in [4.78, 5) is 24.0. The number of carbonyl (C=O) groups excluding carboxylic acids is 1. The predicted octanol–water partition coefficient (Wildman–Crippen LogP) is 1.58. The molecule has 0 aromatic carbocycles. The summed E-state index contributed by atoms with van der Waals surface area (Å²) in [7, 11) is 3.70. The summed E-state index contributed by atoms with van der Waals surface area (Å²) in [6.45, 7) is 7.33. The molecular weight excluding hydrogens is 244 g/mol. The molecule has 0 bridgehead atoms. The number of amides is 1. The third kappa shape index (κ3) is 9.47. The Morgan fingerprint density at radius 3 is 2.21 bits per heavy atom. The molecule has 0 aliphatic rings. The molecule has 0 heterocycles. The van der Waals surface area contributed by atoms with Crippen LogP contribution in [0.1, 0.15) is 40.0 Å². The highest BCUT2D eigenvalue weighted by atomic mass is 16.4. The third-order valence-electron chi connectivity index (χ3n) is 3.21. The van der Waals surface area contributed by atoms with Gasteiger partial charge in [-0.1, -0.05) is 20.8 Å². The first kappa shape index (κ1) is 17.9. The van der Waals surface area contributed by atoms with Crippen LogP contribution in [0.2, 0.25) is 0 Å².